The van der Waals surface area contributed by atoms with Crippen LogP contribution in [0.1, 0.15) is 16.2 Å². The van der Waals surface area contributed by atoms with E-state index in [2.05, 4.69) is 10.3 Å². The summed E-state index contributed by atoms with van der Waals surface area (Å²) in [6.45, 7) is 0.151. The SMILES string of the molecule is Cn1ccnc1C(=O)NCc1ccccc1F. The van der Waals surface area contributed by atoms with Gasteiger partial charge in [0.1, 0.15) is 5.82 Å². The summed E-state index contributed by atoms with van der Waals surface area (Å²) in [5, 5.41) is 2.62. The average molecular weight is 233 g/mol. The number of carbonyl (C=O) groups excluding carboxylic acids is 1. The van der Waals surface area contributed by atoms with Gasteiger partial charge in [0.05, 0.1) is 0 Å². The lowest BCUT2D eigenvalue weighted by Gasteiger charge is -2.05. The van der Waals surface area contributed by atoms with E-state index in [0.717, 1.165) is 0 Å². The molecule has 0 aliphatic rings. The van der Waals surface area contributed by atoms with Gasteiger partial charge in [-0.2, -0.15) is 0 Å². The maximum atomic E-state index is 13.3. The molecule has 0 atom stereocenters. The van der Waals surface area contributed by atoms with Gasteiger partial charge in [0, 0.05) is 31.5 Å². The molecule has 1 amide bonds. The lowest BCUT2D eigenvalue weighted by molar-refractivity contribution is 0.0937. The van der Waals surface area contributed by atoms with Crippen molar-refractivity contribution in [1.29, 1.82) is 0 Å². The summed E-state index contributed by atoms with van der Waals surface area (Å²) in [5.74, 6) is -0.338. The third-order valence-corrected chi connectivity index (χ3v) is 2.42. The van der Waals surface area contributed by atoms with E-state index in [1.54, 1.807) is 36.0 Å². The Bertz CT molecular complexity index is 536. The zero-order valence-electron chi connectivity index (χ0n) is 9.35. The minimum absolute atomic E-state index is 0.151. The van der Waals surface area contributed by atoms with Gasteiger partial charge in [-0.15, -0.1) is 0 Å². The van der Waals surface area contributed by atoms with Crippen LogP contribution in [0.2, 0.25) is 0 Å². The number of amides is 1. The summed E-state index contributed by atoms with van der Waals surface area (Å²) >= 11 is 0. The van der Waals surface area contributed by atoms with Gasteiger partial charge in [0.15, 0.2) is 5.82 Å². The van der Waals surface area contributed by atoms with Gasteiger partial charge in [-0.3, -0.25) is 4.79 Å². The number of nitrogens with one attached hydrogen (secondary N) is 1. The van der Waals surface area contributed by atoms with Gasteiger partial charge in [0.2, 0.25) is 0 Å². The van der Waals surface area contributed by atoms with Crippen LogP contribution in [-0.2, 0) is 13.6 Å². The normalized spacial score (nSPS) is 10.2. The molecule has 2 aromatic rings. The minimum Gasteiger partial charge on any atom is -0.345 e. The van der Waals surface area contributed by atoms with Gasteiger partial charge in [-0.25, -0.2) is 9.37 Å². The second-order valence-corrected chi connectivity index (χ2v) is 3.64. The molecule has 5 heteroatoms. The van der Waals surface area contributed by atoms with Crippen LogP contribution >= 0.6 is 0 Å². The maximum Gasteiger partial charge on any atom is 0.287 e. The second kappa shape index (κ2) is 4.78. The van der Waals surface area contributed by atoms with Crippen molar-refractivity contribution < 1.29 is 9.18 Å². The van der Waals surface area contributed by atoms with Gasteiger partial charge in [0.25, 0.3) is 5.91 Å². The van der Waals surface area contributed by atoms with E-state index in [1.165, 1.54) is 12.3 Å². The van der Waals surface area contributed by atoms with Crippen molar-refractivity contribution in [1.82, 2.24) is 14.9 Å². The lowest BCUT2D eigenvalue weighted by atomic mass is 10.2. The summed E-state index contributed by atoms with van der Waals surface area (Å²) in [7, 11) is 1.73. The molecular weight excluding hydrogens is 221 g/mol. The van der Waals surface area contributed by atoms with Crippen LogP contribution in [0, 0.1) is 5.82 Å². The van der Waals surface area contributed by atoms with E-state index >= 15 is 0 Å². The molecule has 0 aliphatic heterocycles. The Morgan fingerprint density at radius 3 is 2.88 bits per heavy atom. The molecule has 17 heavy (non-hydrogen) atoms. The van der Waals surface area contributed by atoms with Crippen LogP contribution in [0.25, 0.3) is 0 Å². The fourth-order valence-corrected chi connectivity index (χ4v) is 1.48. The van der Waals surface area contributed by atoms with Gasteiger partial charge < -0.3 is 9.88 Å². The Kier molecular flexibility index (Phi) is 3.18. The van der Waals surface area contributed by atoms with Crippen LogP contribution in [0.4, 0.5) is 4.39 Å². The molecule has 1 N–H and O–H groups in total. The molecule has 1 aromatic carbocycles. The third-order valence-electron chi connectivity index (χ3n) is 2.42. The predicted octanol–water partition coefficient (Wildman–Crippen LogP) is 1.49. The Balaban J connectivity index is 2.02. The van der Waals surface area contributed by atoms with E-state index in [0.29, 0.717) is 11.4 Å². The zero-order chi connectivity index (χ0) is 12.3. The molecule has 0 radical (unpaired) electrons. The fourth-order valence-electron chi connectivity index (χ4n) is 1.48. The summed E-state index contributed by atoms with van der Waals surface area (Å²) in [6, 6.07) is 6.33. The van der Waals surface area contributed by atoms with Crippen molar-refractivity contribution in [3.05, 3.63) is 53.9 Å². The van der Waals surface area contributed by atoms with E-state index < -0.39 is 0 Å². The van der Waals surface area contributed by atoms with Gasteiger partial charge >= 0.3 is 0 Å². The number of aryl methyl sites for hydroxylation is 1. The van der Waals surface area contributed by atoms with Crippen LogP contribution in [0.15, 0.2) is 36.7 Å². The first-order valence-electron chi connectivity index (χ1n) is 5.17. The third kappa shape index (κ3) is 2.50. The number of nitrogens with zero attached hydrogens (tertiary/aromatic N) is 2. The van der Waals surface area contributed by atoms with Crippen LogP contribution in [-0.4, -0.2) is 15.5 Å². The summed E-state index contributed by atoms with van der Waals surface area (Å²) in [4.78, 5) is 15.6. The number of aromatic nitrogens is 2. The molecule has 0 aliphatic carbocycles. The number of carbonyl (C=O) groups is 1. The maximum absolute atomic E-state index is 13.3. The molecule has 0 unspecified atom stereocenters. The minimum atomic E-state index is -0.326. The highest BCUT2D eigenvalue weighted by Gasteiger charge is 2.10. The Morgan fingerprint density at radius 1 is 1.47 bits per heavy atom. The summed E-state index contributed by atoms with van der Waals surface area (Å²) in [5.41, 5.74) is 0.454. The summed E-state index contributed by atoms with van der Waals surface area (Å²) in [6.07, 6.45) is 3.22. The standard InChI is InChI=1S/C12H12FN3O/c1-16-7-6-14-11(16)12(17)15-8-9-4-2-3-5-10(9)13/h2-7H,8H2,1H3,(H,15,17). The number of benzene rings is 1. The molecule has 4 nitrogen and oxygen atoms in total. The first-order valence-corrected chi connectivity index (χ1v) is 5.17. The molecule has 0 fully saturated rings. The number of hydrogen-bond donors (Lipinski definition) is 1. The quantitative estimate of drug-likeness (QED) is 0.873. The molecule has 0 bridgehead atoms. The van der Waals surface area contributed by atoms with Crippen LogP contribution in [0.5, 0.6) is 0 Å². The lowest BCUT2D eigenvalue weighted by Crippen LogP contribution is -2.26. The molecule has 0 saturated heterocycles. The molecule has 2 rings (SSSR count). The van der Waals surface area contributed by atoms with E-state index in [1.807, 2.05) is 0 Å². The van der Waals surface area contributed by atoms with Crippen LogP contribution in [0.3, 0.4) is 0 Å². The van der Waals surface area contributed by atoms with Gasteiger partial charge in [-0.1, -0.05) is 18.2 Å². The molecule has 1 heterocycles. The fraction of sp³-hybridized carbons (Fsp3) is 0.167. The van der Waals surface area contributed by atoms with Crippen molar-refractivity contribution in [3.63, 3.8) is 0 Å². The van der Waals surface area contributed by atoms with E-state index in [9.17, 15) is 9.18 Å². The summed E-state index contributed by atoms with van der Waals surface area (Å²) < 4.78 is 14.9. The van der Waals surface area contributed by atoms with E-state index in [4.69, 9.17) is 0 Å². The number of rotatable bonds is 3. The van der Waals surface area contributed by atoms with Crippen molar-refractivity contribution in [2.45, 2.75) is 6.54 Å². The monoisotopic (exact) mass is 233 g/mol. The molecule has 1 aromatic heterocycles. The number of halogens is 1. The Morgan fingerprint density at radius 2 is 2.24 bits per heavy atom. The smallest absolute Gasteiger partial charge is 0.287 e. The molecular formula is C12H12FN3O. The first kappa shape index (κ1) is 11.3. The molecule has 88 valence electrons. The molecule has 0 spiro atoms. The average Bonchev–Trinajstić information content (AvgIpc) is 2.74. The largest absolute Gasteiger partial charge is 0.345 e. The van der Waals surface area contributed by atoms with Gasteiger partial charge in [-0.05, 0) is 6.07 Å². The Hall–Kier alpha value is -2.17. The zero-order valence-corrected chi connectivity index (χ0v) is 9.35. The van der Waals surface area contributed by atoms with Crippen molar-refractivity contribution in [2.24, 2.45) is 7.05 Å². The highest BCUT2D eigenvalue weighted by molar-refractivity contribution is 5.90. The van der Waals surface area contributed by atoms with Crippen LogP contribution < -0.4 is 5.32 Å². The van der Waals surface area contributed by atoms with E-state index in [-0.39, 0.29) is 18.3 Å². The first-order chi connectivity index (χ1) is 8.18. The predicted molar refractivity (Wildman–Crippen MR) is 60.8 cm³/mol. The molecule has 0 saturated carbocycles. The van der Waals surface area contributed by atoms with Crippen molar-refractivity contribution >= 4 is 5.91 Å². The second-order valence-electron chi connectivity index (χ2n) is 3.64. The number of hydrogen-bond acceptors (Lipinski definition) is 2. The topological polar surface area (TPSA) is 46.9 Å². The Labute approximate surface area is 98.1 Å². The number of imidazole rings is 1. The highest BCUT2D eigenvalue weighted by atomic mass is 19.1. The van der Waals surface area contributed by atoms with Crippen molar-refractivity contribution in [2.75, 3.05) is 0 Å². The van der Waals surface area contributed by atoms with Crippen molar-refractivity contribution in [3.8, 4) is 0 Å². The highest BCUT2D eigenvalue weighted by Crippen LogP contribution is 2.05.